The second kappa shape index (κ2) is 7.33. The number of hydrogen-bond acceptors (Lipinski definition) is 5. The Balaban J connectivity index is 3.47. The van der Waals surface area contributed by atoms with Gasteiger partial charge < -0.3 is 25.1 Å². The molecule has 7 heteroatoms. The molecule has 0 spiro atoms. The van der Waals surface area contributed by atoms with E-state index in [9.17, 15) is 19.8 Å². The van der Waals surface area contributed by atoms with Crippen LogP contribution in [0.3, 0.4) is 0 Å². The van der Waals surface area contributed by atoms with Gasteiger partial charge in [0.1, 0.15) is 0 Å². The lowest BCUT2D eigenvalue weighted by Crippen LogP contribution is -2.31. The van der Waals surface area contributed by atoms with Crippen molar-refractivity contribution in [2.45, 2.75) is 26.7 Å². The van der Waals surface area contributed by atoms with Gasteiger partial charge in [-0.1, -0.05) is 37.0 Å². The Labute approximate surface area is 132 Å². The smallest absolute Gasteiger partial charge is 0.0878 e. The lowest BCUT2D eigenvalue weighted by Gasteiger charge is -2.20. The maximum Gasteiger partial charge on any atom is 0.0878 e. The van der Waals surface area contributed by atoms with Crippen molar-refractivity contribution in [3.8, 4) is 0 Å². The summed E-state index contributed by atoms with van der Waals surface area (Å²) in [5.41, 5.74) is 1.04. The Hall–Kier alpha value is -1.72. The molecule has 0 saturated carbocycles. The molecule has 0 bridgehead atoms. The van der Waals surface area contributed by atoms with Crippen LogP contribution in [-0.4, -0.2) is 11.9 Å². The molecule has 1 N–H and O–H groups in total. The maximum atomic E-state index is 11.0. The number of carbonyl (C=O) groups is 2. The van der Waals surface area contributed by atoms with Crippen LogP contribution in [0.2, 0.25) is 10.0 Å². The zero-order valence-electron chi connectivity index (χ0n) is 11.5. The van der Waals surface area contributed by atoms with Gasteiger partial charge in [0, 0.05) is 15.7 Å². The van der Waals surface area contributed by atoms with E-state index in [1.807, 2.05) is 13.8 Å². The standard InChI is InChI=1S/C14H15Cl2NO4/c1-3-7-9(15)5-10(16)8(4-2)13(7)17-11(14(20)21)6-12(18)19/h5-6,17H,3-4H2,1-2H3,(H,18,19)(H,20,21)/p-2/b11-6-. The Morgan fingerprint density at radius 2 is 1.62 bits per heavy atom. The SMILES string of the molecule is CCc1c(Cl)cc(Cl)c(CC)c1N/C(=C\C(=O)[O-])C(=O)[O-]. The molecule has 0 unspecified atom stereocenters. The number of benzene rings is 1. The van der Waals surface area contributed by atoms with E-state index in [4.69, 9.17) is 23.2 Å². The van der Waals surface area contributed by atoms with Gasteiger partial charge >= 0.3 is 0 Å². The van der Waals surface area contributed by atoms with Crippen LogP contribution in [0, 0.1) is 0 Å². The van der Waals surface area contributed by atoms with Crippen molar-refractivity contribution in [2.75, 3.05) is 5.32 Å². The van der Waals surface area contributed by atoms with Crippen LogP contribution in [0.25, 0.3) is 0 Å². The molecular formula is C14H13Cl2NO4-2. The molecule has 114 valence electrons. The fraction of sp³-hybridized carbons (Fsp3) is 0.286. The van der Waals surface area contributed by atoms with E-state index in [1.54, 1.807) is 6.07 Å². The summed E-state index contributed by atoms with van der Waals surface area (Å²) in [6.45, 7) is 3.67. The third kappa shape index (κ3) is 4.12. The van der Waals surface area contributed by atoms with E-state index in [0.717, 1.165) is 0 Å². The number of carboxylic acid groups (broad SMARTS) is 2. The molecule has 0 atom stereocenters. The molecule has 0 aliphatic heterocycles. The fourth-order valence-electron chi connectivity index (χ4n) is 1.95. The maximum absolute atomic E-state index is 11.0. The van der Waals surface area contributed by atoms with Crippen molar-refractivity contribution in [2.24, 2.45) is 0 Å². The summed E-state index contributed by atoms with van der Waals surface area (Å²) in [6.07, 6.45) is 1.44. The fourth-order valence-corrected chi connectivity index (χ4v) is 2.68. The molecule has 0 fully saturated rings. The monoisotopic (exact) mass is 329 g/mol. The van der Waals surface area contributed by atoms with Gasteiger partial charge in [0.25, 0.3) is 0 Å². The van der Waals surface area contributed by atoms with Crippen LogP contribution in [-0.2, 0) is 22.4 Å². The molecule has 0 heterocycles. The van der Waals surface area contributed by atoms with E-state index >= 15 is 0 Å². The molecule has 0 aliphatic carbocycles. The van der Waals surface area contributed by atoms with Crippen molar-refractivity contribution in [3.63, 3.8) is 0 Å². The second-order valence-corrected chi connectivity index (χ2v) is 4.98. The van der Waals surface area contributed by atoms with Gasteiger partial charge in [-0.15, -0.1) is 0 Å². The first-order valence-electron chi connectivity index (χ1n) is 6.22. The van der Waals surface area contributed by atoms with Crippen LogP contribution in [0.15, 0.2) is 17.8 Å². The number of carboxylic acids is 2. The van der Waals surface area contributed by atoms with Crippen LogP contribution in [0.1, 0.15) is 25.0 Å². The number of carbonyl (C=O) groups excluding carboxylic acids is 2. The highest BCUT2D eigenvalue weighted by Crippen LogP contribution is 2.35. The highest BCUT2D eigenvalue weighted by Gasteiger charge is 2.15. The van der Waals surface area contributed by atoms with Crippen LogP contribution in [0.5, 0.6) is 0 Å². The van der Waals surface area contributed by atoms with Gasteiger partial charge in [-0.05, 0) is 36.1 Å². The minimum absolute atomic E-state index is 0.369. The second-order valence-electron chi connectivity index (χ2n) is 4.17. The summed E-state index contributed by atoms with van der Waals surface area (Å²) in [4.78, 5) is 21.6. The molecule has 1 aromatic carbocycles. The third-order valence-corrected chi connectivity index (χ3v) is 3.56. The molecule has 1 rings (SSSR count). The quantitative estimate of drug-likeness (QED) is 0.783. The Morgan fingerprint density at radius 3 is 1.95 bits per heavy atom. The number of nitrogens with one attached hydrogen (secondary N) is 1. The minimum atomic E-state index is -1.67. The molecule has 5 nitrogen and oxygen atoms in total. The van der Waals surface area contributed by atoms with E-state index in [1.165, 1.54) is 0 Å². The van der Waals surface area contributed by atoms with Crippen molar-refractivity contribution in [1.29, 1.82) is 0 Å². The largest absolute Gasteiger partial charge is 0.545 e. The van der Waals surface area contributed by atoms with E-state index in [-0.39, 0.29) is 0 Å². The number of rotatable bonds is 6. The lowest BCUT2D eigenvalue weighted by molar-refractivity contribution is -0.302. The molecule has 1 aromatic rings. The minimum Gasteiger partial charge on any atom is -0.545 e. The van der Waals surface area contributed by atoms with Crippen molar-refractivity contribution < 1.29 is 19.8 Å². The predicted molar refractivity (Wildman–Crippen MR) is 76.9 cm³/mol. The molecule has 21 heavy (non-hydrogen) atoms. The zero-order chi connectivity index (χ0) is 16.2. The molecule has 0 radical (unpaired) electrons. The van der Waals surface area contributed by atoms with Gasteiger partial charge in [-0.2, -0.15) is 0 Å². The van der Waals surface area contributed by atoms with E-state index < -0.39 is 17.6 Å². The van der Waals surface area contributed by atoms with Crippen LogP contribution >= 0.6 is 23.2 Å². The number of hydrogen-bond donors (Lipinski definition) is 1. The molecular weight excluding hydrogens is 317 g/mol. The molecule has 0 aromatic heterocycles. The van der Waals surface area contributed by atoms with Gasteiger partial charge in [-0.3, -0.25) is 0 Å². The first kappa shape index (κ1) is 17.3. The van der Waals surface area contributed by atoms with Crippen LogP contribution in [0.4, 0.5) is 5.69 Å². The summed E-state index contributed by atoms with van der Waals surface area (Å²) in [6, 6.07) is 1.58. The van der Waals surface area contributed by atoms with Gasteiger partial charge in [0.05, 0.1) is 17.6 Å². The molecule has 0 saturated heterocycles. The first-order chi connectivity index (χ1) is 9.81. The van der Waals surface area contributed by atoms with E-state index in [0.29, 0.717) is 45.8 Å². The first-order valence-corrected chi connectivity index (χ1v) is 6.98. The lowest BCUT2D eigenvalue weighted by atomic mass is 10.0. The van der Waals surface area contributed by atoms with Crippen molar-refractivity contribution in [3.05, 3.63) is 39.0 Å². The van der Waals surface area contributed by atoms with Gasteiger partial charge in [0.2, 0.25) is 0 Å². The highest BCUT2D eigenvalue weighted by atomic mass is 35.5. The van der Waals surface area contributed by atoms with E-state index in [2.05, 4.69) is 5.32 Å². The normalized spacial score (nSPS) is 11.3. The summed E-state index contributed by atoms with van der Waals surface area (Å²) in [5, 5.41) is 24.9. The molecule has 0 aliphatic rings. The summed E-state index contributed by atoms with van der Waals surface area (Å²) in [7, 11) is 0. The zero-order valence-corrected chi connectivity index (χ0v) is 13.0. The summed E-state index contributed by atoms with van der Waals surface area (Å²) >= 11 is 12.2. The predicted octanol–water partition coefficient (Wildman–Crippen LogP) is 0.914. The summed E-state index contributed by atoms with van der Waals surface area (Å²) in [5.74, 6) is -3.31. The Bertz CT molecular complexity index is 583. The number of halogens is 2. The number of aliphatic carboxylic acids is 2. The highest BCUT2D eigenvalue weighted by molar-refractivity contribution is 6.36. The third-order valence-electron chi connectivity index (χ3n) is 2.88. The van der Waals surface area contributed by atoms with Gasteiger partial charge in [0.15, 0.2) is 0 Å². The van der Waals surface area contributed by atoms with Crippen molar-refractivity contribution >= 4 is 40.8 Å². The van der Waals surface area contributed by atoms with Crippen molar-refractivity contribution in [1.82, 2.24) is 0 Å². The van der Waals surface area contributed by atoms with Crippen LogP contribution < -0.4 is 15.5 Å². The Morgan fingerprint density at radius 1 is 1.14 bits per heavy atom. The average molecular weight is 330 g/mol. The average Bonchev–Trinajstić information content (AvgIpc) is 2.37. The number of anilines is 1. The van der Waals surface area contributed by atoms with Gasteiger partial charge in [-0.25, -0.2) is 0 Å². The molecule has 0 amide bonds. The topological polar surface area (TPSA) is 92.3 Å². The Kier molecular flexibility index (Phi) is 6.05. The summed E-state index contributed by atoms with van der Waals surface area (Å²) < 4.78 is 0.